The summed E-state index contributed by atoms with van der Waals surface area (Å²) in [6.07, 6.45) is 0. The molecule has 0 heterocycles. The number of phosphoric acid groups is 2. The molecule has 0 aliphatic heterocycles. The molecule has 0 N–H and O–H groups in total. The molecule has 0 saturated heterocycles. The van der Waals surface area contributed by atoms with Crippen LogP contribution in [0.4, 0.5) is 0 Å². The van der Waals surface area contributed by atoms with Crippen molar-refractivity contribution in [2.75, 3.05) is 26.4 Å². The van der Waals surface area contributed by atoms with Crippen LogP contribution in [-0.4, -0.2) is 26.4 Å². The lowest BCUT2D eigenvalue weighted by molar-refractivity contribution is -0.228. The molecule has 0 aromatic heterocycles. The normalized spacial score (nSPS) is 20.1. The first-order chi connectivity index (χ1) is 8.22. The molecule has 0 bridgehead atoms. The highest BCUT2D eigenvalue weighted by atomic mass is 31.2. The van der Waals surface area contributed by atoms with Crippen LogP contribution < -0.4 is 9.79 Å². The first-order valence-electron chi connectivity index (χ1n) is 5.42. The standard InChI is InChI=1S/C8H20O8P2/c1-4-13-17(9,10)15-6-8(3)7-16-18(11,12)14-5-2/h8H,4-7H2,1-3H3,(H,9,10)(H,11,12)/p-2. The van der Waals surface area contributed by atoms with Crippen LogP contribution in [-0.2, 0) is 27.2 Å². The van der Waals surface area contributed by atoms with Crippen LogP contribution in [0.5, 0.6) is 0 Å². The molecule has 2 atom stereocenters. The van der Waals surface area contributed by atoms with Crippen LogP contribution in [0, 0.1) is 5.92 Å². The minimum Gasteiger partial charge on any atom is -0.756 e. The molecule has 0 aliphatic carbocycles. The molecule has 0 spiro atoms. The van der Waals surface area contributed by atoms with Gasteiger partial charge in [0.25, 0.3) is 15.6 Å². The third-order valence-corrected chi connectivity index (χ3v) is 3.69. The van der Waals surface area contributed by atoms with Crippen molar-refractivity contribution in [3.05, 3.63) is 0 Å². The lowest BCUT2D eigenvalue weighted by Crippen LogP contribution is -2.18. The van der Waals surface area contributed by atoms with Gasteiger partial charge in [-0.1, -0.05) is 6.92 Å². The van der Waals surface area contributed by atoms with Crippen molar-refractivity contribution >= 4 is 15.6 Å². The lowest BCUT2D eigenvalue weighted by atomic mass is 10.2. The minimum absolute atomic E-state index is 0.0221. The van der Waals surface area contributed by atoms with Crippen LogP contribution in [0.25, 0.3) is 0 Å². The number of hydrogen-bond acceptors (Lipinski definition) is 8. The maximum Gasteiger partial charge on any atom is 0.267 e. The molecule has 0 amide bonds. The van der Waals surface area contributed by atoms with Gasteiger partial charge in [0.15, 0.2) is 0 Å². The second-order valence-electron chi connectivity index (χ2n) is 3.43. The second-order valence-corrected chi connectivity index (χ2v) is 6.25. The maximum atomic E-state index is 11.0. The predicted molar refractivity (Wildman–Crippen MR) is 59.5 cm³/mol. The summed E-state index contributed by atoms with van der Waals surface area (Å²) in [4.78, 5) is 22.1. The molecule has 0 aromatic carbocycles. The second kappa shape index (κ2) is 8.40. The molecule has 2 unspecified atom stereocenters. The van der Waals surface area contributed by atoms with Crippen molar-refractivity contribution in [3.63, 3.8) is 0 Å². The Kier molecular flexibility index (Phi) is 8.51. The molecule has 0 aliphatic rings. The van der Waals surface area contributed by atoms with Gasteiger partial charge in [0.1, 0.15) is 0 Å². The summed E-state index contributed by atoms with van der Waals surface area (Å²) in [5.41, 5.74) is 0. The van der Waals surface area contributed by atoms with Gasteiger partial charge in [0.05, 0.1) is 26.4 Å². The zero-order chi connectivity index (χ0) is 14.2. The maximum absolute atomic E-state index is 11.0. The monoisotopic (exact) mass is 304 g/mol. The largest absolute Gasteiger partial charge is 0.756 e. The van der Waals surface area contributed by atoms with Gasteiger partial charge in [-0.3, -0.25) is 9.13 Å². The lowest BCUT2D eigenvalue weighted by Gasteiger charge is -2.26. The van der Waals surface area contributed by atoms with E-state index in [1.165, 1.54) is 13.8 Å². The zero-order valence-electron chi connectivity index (χ0n) is 10.6. The van der Waals surface area contributed by atoms with E-state index in [1.54, 1.807) is 6.92 Å². The van der Waals surface area contributed by atoms with E-state index in [1.807, 2.05) is 0 Å². The van der Waals surface area contributed by atoms with Crippen molar-refractivity contribution in [3.8, 4) is 0 Å². The number of rotatable bonds is 10. The molecule has 10 heteroatoms. The molecule has 18 heavy (non-hydrogen) atoms. The fraction of sp³-hybridized carbons (Fsp3) is 1.00. The van der Waals surface area contributed by atoms with Gasteiger partial charge in [0, 0.05) is 5.92 Å². The Labute approximate surface area is 106 Å². The summed E-state index contributed by atoms with van der Waals surface area (Å²) in [7, 11) is -8.61. The van der Waals surface area contributed by atoms with Crippen LogP contribution in [0.3, 0.4) is 0 Å². The van der Waals surface area contributed by atoms with E-state index in [-0.39, 0.29) is 26.4 Å². The van der Waals surface area contributed by atoms with Gasteiger partial charge in [-0.15, -0.1) is 0 Å². The van der Waals surface area contributed by atoms with Gasteiger partial charge in [-0.25, -0.2) is 0 Å². The Balaban J connectivity index is 3.95. The van der Waals surface area contributed by atoms with Crippen LogP contribution in [0.1, 0.15) is 20.8 Å². The van der Waals surface area contributed by atoms with Gasteiger partial charge in [0.2, 0.25) is 0 Å². The first kappa shape index (κ1) is 18.2. The quantitative estimate of drug-likeness (QED) is 0.540. The number of hydrogen-bond donors (Lipinski definition) is 0. The Hall–Kier alpha value is 0.220. The minimum atomic E-state index is -4.31. The first-order valence-corrected chi connectivity index (χ1v) is 8.34. The van der Waals surface area contributed by atoms with E-state index in [0.717, 1.165) is 0 Å². The number of phosphoric ester groups is 2. The topological polar surface area (TPSA) is 117 Å². The summed E-state index contributed by atoms with van der Waals surface area (Å²) in [5, 5.41) is 0. The fourth-order valence-corrected chi connectivity index (χ4v) is 2.53. The molecule has 8 nitrogen and oxygen atoms in total. The van der Waals surface area contributed by atoms with Crippen LogP contribution in [0.15, 0.2) is 0 Å². The van der Waals surface area contributed by atoms with E-state index in [0.29, 0.717) is 0 Å². The van der Waals surface area contributed by atoms with Crippen molar-refractivity contribution in [1.82, 2.24) is 0 Å². The molecule has 0 saturated carbocycles. The van der Waals surface area contributed by atoms with E-state index < -0.39 is 21.6 Å². The van der Waals surface area contributed by atoms with E-state index >= 15 is 0 Å². The van der Waals surface area contributed by atoms with Gasteiger partial charge in [-0.2, -0.15) is 0 Å². The predicted octanol–water partition coefficient (Wildman–Crippen LogP) is 0.665. The Morgan fingerprint density at radius 2 is 1.22 bits per heavy atom. The van der Waals surface area contributed by atoms with Gasteiger partial charge in [-0.05, 0) is 13.8 Å². The van der Waals surface area contributed by atoms with Crippen LogP contribution in [0.2, 0.25) is 0 Å². The Morgan fingerprint density at radius 1 is 0.889 bits per heavy atom. The molecule has 0 rings (SSSR count). The van der Waals surface area contributed by atoms with E-state index in [4.69, 9.17) is 0 Å². The fourth-order valence-electron chi connectivity index (χ4n) is 0.876. The highest BCUT2D eigenvalue weighted by Crippen LogP contribution is 2.40. The Morgan fingerprint density at radius 3 is 1.50 bits per heavy atom. The van der Waals surface area contributed by atoms with E-state index in [2.05, 4.69) is 18.1 Å². The molecule has 0 fully saturated rings. The van der Waals surface area contributed by atoms with E-state index in [9.17, 15) is 18.9 Å². The Bertz CT molecular complexity index is 290. The highest BCUT2D eigenvalue weighted by molar-refractivity contribution is 7.46. The molecule has 0 aromatic rings. The third-order valence-electron chi connectivity index (χ3n) is 1.61. The summed E-state index contributed by atoms with van der Waals surface area (Å²) < 4.78 is 39.8. The summed E-state index contributed by atoms with van der Waals surface area (Å²) in [6.45, 7) is 4.09. The van der Waals surface area contributed by atoms with Gasteiger partial charge < -0.3 is 27.9 Å². The molecular weight excluding hydrogens is 286 g/mol. The summed E-state index contributed by atoms with van der Waals surface area (Å²) in [6, 6.07) is 0. The molecule has 110 valence electrons. The van der Waals surface area contributed by atoms with Crippen molar-refractivity contribution in [1.29, 1.82) is 0 Å². The molecule has 0 radical (unpaired) electrons. The van der Waals surface area contributed by atoms with Crippen molar-refractivity contribution in [2.45, 2.75) is 20.8 Å². The molecular formula is C8H18O8P2-2. The smallest absolute Gasteiger partial charge is 0.267 e. The van der Waals surface area contributed by atoms with Crippen molar-refractivity contribution < 1.29 is 37.0 Å². The summed E-state index contributed by atoms with van der Waals surface area (Å²) >= 11 is 0. The zero-order valence-corrected chi connectivity index (χ0v) is 12.4. The summed E-state index contributed by atoms with van der Waals surface area (Å²) in [5.74, 6) is -0.449. The van der Waals surface area contributed by atoms with Crippen molar-refractivity contribution in [2.24, 2.45) is 5.92 Å². The van der Waals surface area contributed by atoms with Crippen LogP contribution >= 0.6 is 15.6 Å². The SMILES string of the molecule is CCOP(=O)([O-])OCC(C)COP(=O)([O-])OCC. The average Bonchev–Trinajstić information content (AvgIpc) is 2.24. The van der Waals surface area contributed by atoms with Gasteiger partial charge >= 0.3 is 0 Å². The average molecular weight is 304 g/mol. The third kappa shape index (κ3) is 9.19. The highest BCUT2D eigenvalue weighted by Gasteiger charge is 2.14.